The summed E-state index contributed by atoms with van der Waals surface area (Å²) in [6, 6.07) is 20.4. The largest absolute Gasteiger partial charge is 0.349 e. The zero-order chi connectivity index (χ0) is 20.1. The Kier molecular flexibility index (Phi) is 5.89. The van der Waals surface area contributed by atoms with Crippen LogP contribution in [0.25, 0.3) is 11.1 Å². The summed E-state index contributed by atoms with van der Waals surface area (Å²) < 4.78 is 0. The first-order valence-corrected chi connectivity index (χ1v) is 10.4. The van der Waals surface area contributed by atoms with Gasteiger partial charge in [0.05, 0.1) is 0 Å². The number of aromatic nitrogens is 1. The molecule has 2 N–H and O–H groups in total. The van der Waals surface area contributed by atoms with E-state index in [1.165, 1.54) is 19.3 Å². The number of amides is 1. The lowest BCUT2D eigenvalue weighted by molar-refractivity contribution is 0.0927. The number of hydrogen-bond donors (Lipinski definition) is 2. The molecule has 1 heterocycles. The number of pyridine rings is 1. The molecule has 0 spiro atoms. The van der Waals surface area contributed by atoms with Gasteiger partial charge in [0.2, 0.25) is 0 Å². The zero-order valence-corrected chi connectivity index (χ0v) is 16.8. The monoisotopic (exact) mass is 385 g/mol. The van der Waals surface area contributed by atoms with E-state index < -0.39 is 0 Å². The maximum atomic E-state index is 12.9. The van der Waals surface area contributed by atoms with Crippen molar-refractivity contribution in [2.45, 2.75) is 45.1 Å². The lowest BCUT2D eigenvalue weighted by Crippen LogP contribution is -2.36. The smallest absolute Gasteiger partial charge is 0.251 e. The fourth-order valence-corrected chi connectivity index (χ4v) is 3.90. The number of benzene rings is 2. The topological polar surface area (TPSA) is 54.0 Å². The molecule has 148 valence electrons. The molecular formula is C25H27N3O. The molecular weight excluding hydrogens is 358 g/mol. The molecule has 0 unspecified atom stereocenters. The SMILES string of the molecule is Cc1ccc(-c2ccnc(Nc3ccccc3)c2)cc1C(=O)NC1CCCCC1. The van der Waals surface area contributed by atoms with Crippen LogP contribution >= 0.6 is 0 Å². The van der Waals surface area contributed by atoms with E-state index in [4.69, 9.17) is 0 Å². The van der Waals surface area contributed by atoms with E-state index in [2.05, 4.69) is 21.7 Å². The normalized spacial score (nSPS) is 14.4. The van der Waals surface area contributed by atoms with Crippen LogP contribution in [0, 0.1) is 6.92 Å². The van der Waals surface area contributed by atoms with Gasteiger partial charge in [0, 0.05) is 23.5 Å². The molecule has 0 bridgehead atoms. The Morgan fingerprint density at radius 3 is 2.48 bits per heavy atom. The van der Waals surface area contributed by atoms with Crippen molar-refractivity contribution >= 4 is 17.4 Å². The number of nitrogens with zero attached hydrogens (tertiary/aromatic N) is 1. The van der Waals surface area contributed by atoms with Crippen LogP contribution in [0.1, 0.15) is 48.0 Å². The van der Waals surface area contributed by atoms with Crippen molar-refractivity contribution in [2.75, 3.05) is 5.32 Å². The third-order valence-electron chi connectivity index (χ3n) is 5.56. The number of para-hydroxylation sites is 1. The Morgan fingerprint density at radius 1 is 0.931 bits per heavy atom. The van der Waals surface area contributed by atoms with Crippen LogP contribution in [0.15, 0.2) is 66.9 Å². The van der Waals surface area contributed by atoms with Gasteiger partial charge in [0.15, 0.2) is 0 Å². The van der Waals surface area contributed by atoms with Crippen molar-refractivity contribution in [1.29, 1.82) is 0 Å². The van der Waals surface area contributed by atoms with E-state index in [0.29, 0.717) is 6.04 Å². The van der Waals surface area contributed by atoms with Gasteiger partial charge in [-0.05, 0) is 66.8 Å². The summed E-state index contributed by atoms with van der Waals surface area (Å²) >= 11 is 0. The van der Waals surface area contributed by atoms with Gasteiger partial charge in [0.25, 0.3) is 5.91 Å². The number of hydrogen-bond acceptors (Lipinski definition) is 3. The highest BCUT2D eigenvalue weighted by Gasteiger charge is 2.18. The molecule has 4 nitrogen and oxygen atoms in total. The summed E-state index contributed by atoms with van der Waals surface area (Å²) in [6.45, 7) is 1.99. The van der Waals surface area contributed by atoms with Crippen molar-refractivity contribution in [2.24, 2.45) is 0 Å². The molecule has 1 fully saturated rings. The second-order valence-corrected chi connectivity index (χ2v) is 7.76. The standard InChI is InChI=1S/C25H27N3O/c1-18-12-13-19(16-23(18)25(29)28-22-10-6-3-7-11-22)20-14-15-26-24(17-20)27-21-8-4-2-5-9-21/h2,4-5,8-9,12-17,22H,3,6-7,10-11H2,1H3,(H,26,27)(H,28,29). The Bertz CT molecular complexity index is 978. The Balaban J connectivity index is 1.55. The number of anilines is 2. The molecule has 2 aromatic carbocycles. The van der Waals surface area contributed by atoms with Gasteiger partial charge in [-0.3, -0.25) is 4.79 Å². The number of rotatable bonds is 5. The minimum Gasteiger partial charge on any atom is -0.349 e. The van der Waals surface area contributed by atoms with Gasteiger partial charge in [-0.2, -0.15) is 0 Å². The van der Waals surface area contributed by atoms with Crippen LogP contribution in [-0.4, -0.2) is 16.9 Å². The fourth-order valence-electron chi connectivity index (χ4n) is 3.90. The Morgan fingerprint density at radius 2 is 1.69 bits per heavy atom. The van der Waals surface area contributed by atoms with Crippen LogP contribution in [-0.2, 0) is 0 Å². The minimum atomic E-state index is 0.0351. The van der Waals surface area contributed by atoms with E-state index in [0.717, 1.165) is 46.6 Å². The number of nitrogens with one attached hydrogen (secondary N) is 2. The summed E-state index contributed by atoms with van der Waals surface area (Å²) in [5, 5.41) is 6.56. The molecule has 4 rings (SSSR count). The van der Waals surface area contributed by atoms with Crippen molar-refractivity contribution < 1.29 is 4.79 Å². The third kappa shape index (κ3) is 4.83. The van der Waals surface area contributed by atoms with Gasteiger partial charge >= 0.3 is 0 Å². The van der Waals surface area contributed by atoms with Crippen LogP contribution in [0.4, 0.5) is 11.5 Å². The van der Waals surface area contributed by atoms with Crippen molar-refractivity contribution in [3.8, 4) is 11.1 Å². The highest BCUT2D eigenvalue weighted by atomic mass is 16.1. The molecule has 3 aromatic rings. The molecule has 1 saturated carbocycles. The van der Waals surface area contributed by atoms with Crippen LogP contribution in [0.2, 0.25) is 0 Å². The van der Waals surface area contributed by atoms with E-state index in [1.54, 1.807) is 6.20 Å². The number of carbonyl (C=O) groups is 1. The summed E-state index contributed by atoms with van der Waals surface area (Å²) in [5.74, 6) is 0.815. The van der Waals surface area contributed by atoms with E-state index >= 15 is 0 Å². The number of aryl methyl sites for hydroxylation is 1. The molecule has 0 atom stereocenters. The predicted molar refractivity (Wildman–Crippen MR) is 118 cm³/mol. The minimum absolute atomic E-state index is 0.0351. The van der Waals surface area contributed by atoms with Gasteiger partial charge in [-0.1, -0.05) is 49.6 Å². The zero-order valence-electron chi connectivity index (χ0n) is 16.8. The summed E-state index contributed by atoms with van der Waals surface area (Å²) in [5.41, 5.74) is 4.79. The molecule has 0 aliphatic heterocycles. The van der Waals surface area contributed by atoms with Crippen LogP contribution in [0.5, 0.6) is 0 Å². The Labute approximate surface area is 172 Å². The second kappa shape index (κ2) is 8.91. The molecule has 1 aliphatic carbocycles. The predicted octanol–water partition coefficient (Wildman–Crippen LogP) is 5.86. The van der Waals surface area contributed by atoms with Crippen molar-refractivity contribution in [3.63, 3.8) is 0 Å². The van der Waals surface area contributed by atoms with Gasteiger partial charge in [0.1, 0.15) is 5.82 Å². The highest BCUT2D eigenvalue weighted by molar-refractivity contribution is 5.97. The highest BCUT2D eigenvalue weighted by Crippen LogP contribution is 2.26. The van der Waals surface area contributed by atoms with Gasteiger partial charge in [-0.15, -0.1) is 0 Å². The molecule has 0 saturated heterocycles. The van der Waals surface area contributed by atoms with Gasteiger partial charge < -0.3 is 10.6 Å². The second-order valence-electron chi connectivity index (χ2n) is 7.76. The maximum Gasteiger partial charge on any atom is 0.251 e. The quantitative estimate of drug-likeness (QED) is 0.578. The molecule has 29 heavy (non-hydrogen) atoms. The molecule has 1 aromatic heterocycles. The molecule has 4 heteroatoms. The molecule has 1 amide bonds. The van der Waals surface area contributed by atoms with Crippen molar-refractivity contribution in [1.82, 2.24) is 10.3 Å². The number of carbonyl (C=O) groups excluding carboxylic acids is 1. The lowest BCUT2D eigenvalue weighted by Gasteiger charge is -2.23. The maximum absolute atomic E-state index is 12.9. The Hall–Kier alpha value is -3.14. The first-order chi connectivity index (χ1) is 14.2. The van der Waals surface area contributed by atoms with Crippen LogP contribution < -0.4 is 10.6 Å². The summed E-state index contributed by atoms with van der Waals surface area (Å²) in [6.07, 6.45) is 7.66. The van der Waals surface area contributed by atoms with Gasteiger partial charge in [-0.25, -0.2) is 4.98 Å². The first kappa shape index (κ1) is 19.2. The van der Waals surface area contributed by atoms with Crippen LogP contribution in [0.3, 0.4) is 0 Å². The van der Waals surface area contributed by atoms with E-state index in [-0.39, 0.29) is 5.91 Å². The van der Waals surface area contributed by atoms with Crippen molar-refractivity contribution in [3.05, 3.63) is 78.0 Å². The average molecular weight is 386 g/mol. The summed E-state index contributed by atoms with van der Waals surface area (Å²) in [4.78, 5) is 17.3. The molecule has 1 aliphatic rings. The third-order valence-corrected chi connectivity index (χ3v) is 5.56. The lowest BCUT2D eigenvalue weighted by atomic mass is 9.94. The summed E-state index contributed by atoms with van der Waals surface area (Å²) in [7, 11) is 0. The van der Waals surface area contributed by atoms with E-state index in [9.17, 15) is 4.79 Å². The fraction of sp³-hybridized carbons (Fsp3) is 0.280. The average Bonchev–Trinajstić information content (AvgIpc) is 2.76. The first-order valence-electron chi connectivity index (χ1n) is 10.4. The molecule has 0 radical (unpaired) electrons. The van der Waals surface area contributed by atoms with E-state index in [1.807, 2.05) is 61.5 Å².